The monoisotopic (exact) mass is 294 g/mol. The molecule has 0 amide bonds. The van der Waals surface area contributed by atoms with Gasteiger partial charge in [-0.25, -0.2) is 4.39 Å². The number of non-ortho nitro benzene ring substituents is 1. The standard InChI is InChI=1S/C14H12ClFN2O2/c1-17(12-4-2-11(16)3-5-12)14-7-6-13(18(19)20)8-10(14)9-15/h2-8H,9H2,1H3. The number of nitrogens with zero attached hydrogens (tertiary/aromatic N) is 2. The second kappa shape index (κ2) is 5.88. The number of hydrogen-bond donors (Lipinski definition) is 0. The van der Waals surface area contributed by atoms with Gasteiger partial charge in [-0.3, -0.25) is 10.1 Å². The van der Waals surface area contributed by atoms with E-state index in [1.807, 2.05) is 0 Å². The fourth-order valence-corrected chi connectivity index (χ4v) is 2.14. The first-order valence-corrected chi connectivity index (χ1v) is 6.39. The fourth-order valence-electron chi connectivity index (χ4n) is 1.92. The summed E-state index contributed by atoms with van der Waals surface area (Å²) in [5.74, 6) is -0.161. The van der Waals surface area contributed by atoms with E-state index in [4.69, 9.17) is 11.6 Å². The summed E-state index contributed by atoms with van der Waals surface area (Å²) in [7, 11) is 1.80. The van der Waals surface area contributed by atoms with Gasteiger partial charge in [-0.1, -0.05) is 0 Å². The number of benzene rings is 2. The summed E-state index contributed by atoms with van der Waals surface area (Å²) in [6.45, 7) is 0. The third-order valence-electron chi connectivity index (χ3n) is 2.99. The molecule has 0 radical (unpaired) electrons. The quantitative estimate of drug-likeness (QED) is 0.481. The highest BCUT2D eigenvalue weighted by atomic mass is 35.5. The number of anilines is 2. The molecule has 0 aliphatic carbocycles. The smallest absolute Gasteiger partial charge is 0.269 e. The minimum atomic E-state index is -0.461. The molecule has 0 unspecified atom stereocenters. The largest absolute Gasteiger partial charge is 0.344 e. The molecule has 0 fully saturated rings. The summed E-state index contributed by atoms with van der Waals surface area (Å²) >= 11 is 5.86. The van der Waals surface area contributed by atoms with Crippen molar-refractivity contribution in [2.75, 3.05) is 11.9 Å². The van der Waals surface area contributed by atoms with Crippen LogP contribution >= 0.6 is 11.6 Å². The SMILES string of the molecule is CN(c1ccc(F)cc1)c1ccc([N+](=O)[O-])cc1CCl. The van der Waals surface area contributed by atoms with Crippen LogP contribution in [0.1, 0.15) is 5.56 Å². The lowest BCUT2D eigenvalue weighted by Gasteiger charge is -2.22. The maximum atomic E-state index is 12.9. The Labute approximate surface area is 120 Å². The molecule has 0 aliphatic rings. The van der Waals surface area contributed by atoms with Crippen LogP contribution < -0.4 is 4.90 Å². The van der Waals surface area contributed by atoms with Crippen molar-refractivity contribution in [2.45, 2.75) is 5.88 Å². The maximum absolute atomic E-state index is 12.9. The predicted octanol–water partition coefficient (Wildman–Crippen LogP) is 4.24. The molecule has 0 saturated heterocycles. The highest BCUT2D eigenvalue weighted by Crippen LogP contribution is 2.31. The summed E-state index contributed by atoms with van der Waals surface area (Å²) in [5, 5.41) is 10.8. The molecule has 0 saturated carbocycles. The zero-order valence-electron chi connectivity index (χ0n) is 10.7. The fraction of sp³-hybridized carbons (Fsp3) is 0.143. The van der Waals surface area contributed by atoms with Crippen molar-refractivity contribution in [1.29, 1.82) is 0 Å². The Balaban J connectivity index is 2.41. The van der Waals surface area contributed by atoms with Crippen molar-refractivity contribution in [1.82, 2.24) is 0 Å². The van der Waals surface area contributed by atoms with E-state index in [0.29, 0.717) is 5.56 Å². The van der Waals surface area contributed by atoms with Crippen molar-refractivity contribution in [3.8, 4) is 0 Å². The normalized spacial score (nSPS) is 10.3. The van der Waals surface area contributed by atoms with Crippen molar-refractivity contribution in [3.63, 3.8) is 0 Å². The first-order chi connectivity index (χ1) is 9.52. The molecule has 6 heteroatoms. The Morgan fingerprint density at radius 2 is 1.90 bits per heavy atom. The van der Waals surface area contributed by atoms with E-state index in [9.17, 15) is 14.5 Å². The highest BCUT2D eigenvalue weighted by molar-refractivity contribution is 6.17. The second-order valence-corrected chi connectivity index (χ2v) is 4.51. The van der Waals surface area contributed by atoms with Gasteiger partial charge in [0.25, 0.3) is 5.69 Å². The first-order valence-electron chi connectivity index (χ1n) is 5.85. The van der Waals surface area contributed by atoms with E-state index in [1.165, 1.54) is 24.3 Å². The van der Waals surface area contributed by atoms with Gasteiger partial charge < -0.3 is 4.90 Å². The summed E-state index contributed by atoms with van der Waals surface area (Å²) in [6, 6.07) is 10.5. The molecule has 0 bridgehead atoms. The lowest BCUT2D eigenvalue weighted by atomic mass is 10.1. The number of rotatable bonds is 4. The minimum Gasteiger partial charge on any atom is -0.344 e. The average molecular weight is 295 g/mol. The number of nitro benzene ring substituents is 1. The second-order valence-electron chi connectivity index (χ2n) is 4.24. The summed E-state index contributed by atoms with van der Waals surface area (Å²) < 4.78 is 12.9. The topological polar surface area (TPSA) is 46.4 Å². The Kier molecular flexibility index (Phi) is 4.20. The van der Waals surface area contributed by atoms with Crippen molar-refractivity contribution < 1.29 is 9.31 Å². The van der Waals surface area contributed by atoms with Crippen molar-refractivity contribution in [3.05, 3.63) is 64.0 Å². The molecule has 0 aromatic heterocycles. The maximum Gasteiger partial charge on any atom is 0.269 e. The van der Waals surface area contributed by atoms with E-state index in [0.717, 1.165) is 11.4 Å². The van der Waals surface area contributed by atoms with Gasteiger partial charge >= 0.3 is 0 Å². The van der Waals surface area contributed by atoms with Gasteiger partial charge in [-0.2, -0.15) is 0 Å². The number of alkyl halides is 1. The molecule has 0 spiro atoms. The molecular formula is C14H12ClFN2O2. The zero-order chi connectivity index (χ0) is 14.7. The first kappa shape index (κ1) is 14.3. The summed E-state index contributed by atoms with van der Waals surface area (Å²) in [4.78, 5) is 12.1. The molecule has 4 nitrogen and oxygen atoms in total. The number of hydrogen-bond acceptors (Lipinski definition) is 3. The zero-order valence-corrected chi connectivity index (χ0v) is 11.5. The third-order valence-corrected chi connectivity index (χ3v) is 3.28. The molecule has 0 N–H and O–H groups in total. The van der Waals surface area contributed by atoms with Gasteiger partial charge in [0.05, 0.1) is 4.92 Å². The van der Waals surface area contributed by atoms with Crippen LogP contribution in [0.5, 0.6) is 0 Å². The molecule has 104 valence electrons. The van der Waals surface area contributed by atoms with Crippen molar-refractivity contribution in [2.24, 2.45) is 0 Å². The Morgan fingerprint density at radius 3 is 2.45 bits per heavy atom. The molecule has 0 heterocycles. The lowest BCUT2D eigenvalue weighted by Crippen LogP contribution is -2.11. The van der Waals surface area contributed by atoms with Crippen LogP contribution in [0, 0.1) is 15.9 Å². The average Bonchev–Trinajstić information content (AvgIpc) is 2.46. The summed E-state index contributed by atoms with van der Waals surface area (Å²) in [6.07, 6.45) is 0. The van der Waals surface area contributed by atoms with Crippen LogP contribution in [0.15, 0.2) is 42.5 Å². The van der Waals surface area contributed by atoms with Gasteiger partial charge in [0.15, 0.2) is 0 Å². The third kappa shape index (κ3) is 2.88. The van der Waals surface area contributed by atoms with Crippen LogP contribution in [0.25, 0.3) is 0 Å². The minimum absolute atomic E-state index is 0.00286. The molecule has 20 heavy (non-hydrogen) atoms. The summed E-state index contributed by atoms with van der Waals surface area (Å²) in [5.41, 5.74) is 2.16. The molecule has 0 aliphatic heterocycles. The Hall–Kier alpha value is -2.14. The Morgan fingerprint density at radius 1 is 1.25 bits per heavy atom. The molecular weight excluding hydrogens is 283 g/mol. The van der Waals surface area contributed by atoms with E-state index < -0.39 is 4.92 Å². The van der Waals surface area contributed by atoms with Crippen LogP contribution in [-0.2, 0) is 5.88 Å². The van der Waals surface area contributed by atoms with Gasteiger partial charge in [0.2, 0.25) is 0 Å². The molecule has 2 rings (SSSR count). The van der Waals surface area contributed by atoms with E-state index >= 15 is 0 Å². The van der Waals surface area contributed by atoms with Crippen molar-refractivity contribution >= 4 is 28.7 Å². The van der Waals surface area contributed by atoms with Crippen LogP contribution in [0.4, 0.5) is 21.5 Å². The molecule has 2 aromatic rings. The number of halogens is 2. The van der Waals surface area contributed by atoms with Crippen LogP contribution in [0.2, 0.25) is 0 Å². The lowest BCUT2D eigenvalue weighted by molar-refractivity contribution is -0.384. The molecule has 2 aromatic carbocycles. The van der Waals surface area contributed by atoms with E-state index in [2.05, 4.69) is 0 Å². The Bertz CT molecular complexity index is 632. The van der Waals surface area contributed by atoms with Crippen LogP contribution in [-0.4, -0.2) is 12.0 Å². The van der Waals surface area contributed by atoms with Gasteiger partial charge in [0, 0.05) is 36.4 Å². The predicted molar refractivity (Wildman–Crippen MR) is 77.1 cm³/mol. The molecule has 0 atom stereocenters. The van der Waals surface area contributed by atoms with E-state index in [-0.39, 0.29) is 17.4 Å². The van der Waals surface area contributed by atoms with Gasteiger partial charge in [-0.15, -0.1) is 11.6 Å². The highest BCUT2D eigenvalue weighted by Gasteiger charge is 2.14. The van der Waals surface area contributed by atoms with Crippen LogP contribution in [0.3, 0.4) is 0 Å². The van der Waals surface area contributed by atoms with E-state index in [1.54, 1.807) is 30.1 Å². The van der Waals surface area contributed by atoms with Gasteiger partial charge in [0.1, 0.15) is 5.82 Å². The van der Waals surface area contributed by atoms with Gasteiger partial charge in [-0.05, 0) is 35.9 Å². The number of nitro groups is 1.